The predicted molar refractivity (Wildman–Crippen MR) is 55.7 cm³/mol. The number of hydrogen-bond acceptors (Lipinski definition) is 5. The van der Waals surface area contributed by atoms with Gasteiger partial charge >= 0.3 is 5.97 Å². The van der Waals surface area contributed by atoms with E-state index in [0.717, 1.165) is 13.2 Å². The first kappa shape index (κ1) is 13.4. The van der Waals surface area contributed by atoms with E-state index in [1.54, 1.807) is 0 Å². The van der Waals surface area contributed by atoms with Crippen LogP contribution in [-0.4, -0.2) is 34.5 Å². The van der Waals surface area contributed by atoms with Crippen molar-refractivity contribution < 1.29 is 29.2 Å². The highest BCUT2D eigenvalue weighted by atomic mass is 19.1. The van der Waals surface area contributed by atoms with Crippen LogP contribution in [0.25, 0.3) is 0 Å². The maximum absolute atomic E-state index is 13.3. The van der Waals surface area contributed by atoms with Crippen molar-refractivity contribution in [2.24, 2.45) is 0 Å². The van der Waals surface area contributed by atoms with Crippen molar-refractivity contribution in [2.45, 2.75) is 18.6 Å². The molecule has 0 heterocycles. The molecule has 5 nitrogen and oxygen atoms in total. The Bertz CT molecular complexity index is 387. The van der Waals surface area contributed by atoms with Crippen LogP contribution in [0.2, 0.25) is 0 Å². The molecule has 3 N–H and O–H groups in total. The van der Waals surface area contributed by atoms with E-state index in [-0.39, 0.29) is 0 Å². The SMILES string of the molecule is COC(=O)CC(O)C(O)c1c(O)cccc1F. The molecule has 0 bridgehead atoms. The van der Waals surface area contributed by atoms with E-state index in [2.05, 4.69) is 4.74 Å². The zero-order chi connectivity index (χ0) is 13.0. The van der Waals surface area contributed by atoms with E-state index in [1.165, 1.54) is 12.1 Å². The van der Waals surface area contributed by atoms with Gasteiger partial charge in [0.15, 0.2) is 0 Å². The van der Waals surface area contributed by atoms with Crippen molar-refractivity contribution >= 4 is 5.97 Å². The number of methoxy groups -OCH3 is 1. The lowest BCUT2D eigenvalue weighted by atomic mass is 10.0. The number of aliphatic hydroxyl groups is 2. The number of carbonyl (C=O) groups excluding carboxylic acids is 1. The minimum absolute atomic E-state index is 0.441. The Morgan fingerprint density at radius 2 is 2.12 bits per heavy atom. The molecule has 0 spiro atoms. The van der Waals surface area contributed by atoms with Crippen LogP contribution in [0.4, 0.5) is 4.39 Å². The van der Waals surface area contributed by atoms with Crippen molar-refractivity contribution in [2.75, 3.05) is 7.11 Å². The highest BCUT2D eigenvalue weighted by Gasteiger charge is 2.26. The summed E-state index contributed by atoms with van der Waals surface area (Å²) in [6.45, 7) is 0. The minimum Gasteiger partial charge on any atom is -0.507 e. The molecule has 2 atom stereocenters. The fourth-order valence-electron chi connectivity index (χ4n) is 1.38. The van der Waals surface area contributed by atoms with Crippen LogP contribution in [0, 0.1) is 5.82 Å². The van der Waals surface area contributed by atoms with Crippen LogP contribution < -0.4 is 0 Å². The van der Waals surface area contributed by atoms with Gasteiger partial charge in [-0.25, -0.2) is 4.39 Å². The number of phenolic OH excluding ortho intramolecular Hbond substituents is 1. The van der Waals surface area contributed by atoms with Crippen molar-refractivity contribution in [3.63, 3.8) is 0 Å². The first-order chi connectivity index (χ1) is 7.97. The molecule has 0 fully saturated rings. The highest BCUT2D eigenvalue weighted by Crippen LogP contribution is 2.29. The van der Waals surface area contributed by atoms with Gasteiger partial charge in [0.05, 0.1) is 25.2 Å². The molecule has 1 aromatic carbocycles. The first-order valence-corrected chi connectivity index (χ1v) is 4.87. The molecular formula is C11H13FO5. The number of aromatic hydroxyl groups is 1. The molecule has 1 aromatic rings. The molecule has 94 valence electrons. The maximum Gasteiger partial charge on any atom is 0.308 e. The summed E-state index contributed by atoms with van der Waals surface area (Å²) in [6, 6.07) is 3.46. The van der Waals surface area contributed by atoms with E-state index in [9.17, 15) is 24.5 Å². The van der Waals surface area contributed by atoms with Gasteiger partial charge in [0, 0.05) is 0 Å². The number of halogens is 1. The molecule has 17 heavy (non-hydrogen) atoms. The Hall–Kier alpha value is -1.66. The largest absolute Gasteiger partial charge is 0.507 e. The smallest absolute Gasteiger partial charge is 0.308 e. The molecule has 0 aliphatic carbocycles. The Morgan fingerprint density at radius 1 is 1.47 bits per heavy atom. The van der Waals surface area contributed by atoms with Gasteiger partial charge in [0.25, 0.3) is 0 Å². The topological polar surface area (TPSA) is 87.0 Å². The number of rotatable bonds is 4. The van der Waals surface area contributed by atoms with Crippen LogP contribution in [0.5, 0.6) is 5.75 Å². The monoisotopic (exact) mass is 244 g/mol. The van der Waals surface area contributed by atoms with Crippen LogP contribution in [0.15, 0.2) is 18.2 Å². The average Bonchev–Trinajstić information content (AvgIpc) is 2.28. The summed E-state index contributed by atoms with van der Waals surface area (Å²) >= 11 is 0. The summed E-state index contributed by atoms with van der Waals surface area (Å²) in [7, 11) is 1.13. The number of benzene rings is 1. The standard InChI is InChI=1S/C11H13FO5/c1-17-9(15)5-8(14)11(16)10-6(12)3-2-4-7(10)13/h2-4,8,11,13-14,16H,5H2,1H3. The van der Waals surface area contributed by atoms with Gasteiger partial charge in [0.2, 0.25) is 0 Å². The Kier molecular flexibility index (Phi) is 4.42. The van der Waals surface area contributed by atoms with E-state index in [0.29, 0.717) is 0 Å². The summed E-state index contributed by atoms with van der Waals surface area (Å²) < 4.78 is 17.6. The molecule has 0 radical (unpaired) electrons. The Balaban J connectivity index is 2.88. The molecule has 0 aliphatic heterocycles. The maximum atomic E-state index is 13.3. The lowest BCUT2D eigenvalue weighted by Crippen LogP contribution is -2.23. The minimum atomic E-state index is -1.70. The van der Waals surface area contributed by atoms with E-state index in [4.69, 9.17) is 0 Å². The number of phenols is 1. The summed E-state index contributed by atoms with van der Waals surface area (Å²) in [5.41, 5.74) is -0.441. The lowest BCUT2D eigenvalue weighted by molar-refractivity contribution is -0.144. The third-order valence-corrected chi connectivity index (χ3v) is 2.29. The van der Waals surface area contributed by atoms with Crippen molar-refractivity contribution in [1.82, 2.24) is 0 Å². The molecule has 0 amide bonds. The van der Waals surface area contributed by atoms with E-state index in [1.807, 2.05) is 0 Å². The molecule has 0 saturated heterocycles. The van der Waals surface area contributed by atoms with Gasteiger partial charge in [0.1, 0.15) is 17.7 Å². The number of hydrogen-bond donors (Lipinski definition) is 3. The normalized spacial score (nSPS) is 14.1. The molecule has 0 aromatic heterocycles. The molecule has 2 unspecified atom stereocenters. The van der Waals surface area contributed by atoms with Crippen molar-refractivity contribution in [3.8, 4) is 5.75 Å². The van der Waals surface area contributed by atoms with E-state index < -0.39 is 41.7 Å². The number of ether oxygens (including phenoxy) is 1. The Morgan fingerprint density at radius 3 is 2.65 bits per heavy atom. The van der Waals surface area contributed by atoms with Gasteiger partial charge < -0.3 is 20.1 Å². The summed E-state index contributed by atoms with van der Waals surface area (Å²) in [4.78, 5) is 10.9. The fraction of sp³-hybridized carbons (Fsp3) is 0.364. The molecule has 1 rings (SSSR count). The average molecular weight is 244 g/mol. The molecule has 0 saturated carbocycles. The summed E-state index contributed by atoms with van der Waals surface area (Å²) in [5, 5.41) is 28.5. The predicted octanol–water partition coefficient (Wildman–Crippen LogP) is 0.489. The van der Waals surface area contributed by atoms with Gasteiger partial charge in [-0.15, -0.1) is 0 Å². The lowest BCUT2D eigenvalue weighted by Gasteiger charge is -2.18. The zero-order valence-corrected chi connectivity index (χ0v) is 9.13. The van der Waals surface area contributed by atoms with Gasteiger partial charge in [-0.05, 0) is 12.1 Å². The molecule has 6 heteroatoms. The third kappa shape index (κ3) is 3.15. The molecular weight excluding hydrogens is 231 g/mol. The van der Waals surface area contributed by atoms with Crippen LogP contribution in [-0.2, 0) is 9.53 Å². The fourth-order valence-corrected chi connectivity index (χ4v) is 1.38. The number of esters is 1. The Labute approximate surface area is 97.1 Å². The van der Waals surface area contributed by atoms with Crippen LogP contribution in [0.3, 0.4) is 0 Å². The zero-order valence-electron chi connectivity index (χ0n) is 9.13. The second-order valence-corrected chi connectivity index (χ2v) is 3.47. The number of aliphatic hydroxyl groups excluding tert-OH is 2. The van der Waals surface area contributed by atoms with Crippen molar-refractivity contribution in [3.05, 3.63) is 29.6 Å². The quantitative estimate of drug-likeness (QED) is 0.671. The molecule has 0 aliphatic rings. The first-order valence-electron chi connectivity index (χ1n) is 4.87. The van der Waals surface area contributed by atoms with Gasteiger partial charge in [-0.1, -0.05) is 6.07 Å². The summed E-state index contributed by atoms with van der Waals surface area (Å²) in [5.74, 6) is -2.09. The third-order valence-electron chi connectivity index (χ3n) is 2.29. The van der Waals surface area contributed by atoms with Crippen LogP contribution in [0.1, 0.15) is 18.1 Å². The van der Waals surface area contributed by atoms with Crippen molar-refractivity contribution in [1.29, 1.82) is 0 Å². The van der Waals surface area contributed by atoms with E-state index >= 15 is 0 Å². The second kappa shape index (κ2) is 5.60. The number of carbonyl (C=O) groups is 1. The highest BCUT2D eigenvalue weighted by molar-refractivity contribution is 5.69. The van der Waals surface area contributed by atoms with Gasteiger partial charge in [-0.2, -0.15) is 0 Å². The second-order valence-electron chi connectivity index (χ2n) is 3.47. The summed E-state index contributed by atoms with van der Waals surface area (Å²) in [6.07, 6.45) is -3.74. The van der Waals surface area contributed by atoms with Crippen LogP contribution >= 0.6 is 0 Å². The van der Waals surface area contributed by atoms with Gasteiger partial charge in [-0.3, -0.25) is 4.79 Å².